The fourth-order valence-electron chi connectivity index (χ4n) is 5.50. The molecule has 1 aliphatic carbocycles. The standard InChI is InChI=1S/C29H38N2O/c1-21-8-9-24(20-23(21)3)10-15-29(32)30-26-11-13-27(14-12-26)31-18-16-25(17-19-31)28-7-5-4-6-22(28)2/h4-10,15,20,25-27H,11-14,16-19H2,1-3H3,(H,30,32)/b15-10+. The highest BCUT2D eigenvalue weighted by atomic mass is 16.1. The lowest BCUT2D eigenvalue weighted by molar-refractivity contribution is -0.117. The maximum atomic E-state index is 12.4. The molecule has 0 radical (unpaired) electrons. The molecular formula is C29H38N2O. The van der Waals surface area contributed by atoms with Gasteiger partial charge in [0.15, 0.2) is 0 Å². The third-order valence-electron chi connectivity index (χ3n) is 7.68. The second-order valence-corrected chi connectivity index (χ2v) is 9.86. The van der Waals surface area contributed by atoms with Crippen molar-refractivity contribution in [3.05, 3.63) is 76.4 Å². The van der Waals surface area contributed by atoms with E-state index < -0.39 is 0 Å². The summed E-state index contributed by atoms with van der Waals surface area (Å²) in [6.45, 7) is 8.88. The predicted octanol–water partition coefficient (Wildman–Crippen LogP) is 5.93. The summed E-state index contributed by atoms with van der Waals surface area (Å²) in [5.41, 5.74) is 6.61. The summed E-state index contributed by atoms with van der Waals surface area (Å²) in [5, 5.41) is 3.23. The Labute approximate surface area is 193 Å². The molecule has 0 spiro atoms. The molecule has 1 saturated heterocycles. The average molecular weight is 431 g/mol. The number of carbonyl (C=O) groups excluding carboxylic acids is 1. The van der Waals surface area contributed by atoms with Gasteiger partial charge in [-0.15, -0.1) is 0 Å². The molecule has 1 aliphatic heterocycles. The molecule has 1 N–H and O–H groups in total. The Morgan fingerprint density at radius 3 is 2.28 bits per heavy atom. The Hall–Kier alpha value is -2.39. The third kappa shape index (κ3) is 5.69. The topological polar surface area (TPSA) is 32.3 Å². The zero-order valence-corrected chi connectivity index (χ0v) is 19.9. The lowest BCUT2D eigenvalue weighted by Crippen LogP contribution is -2.46. The molecule has 170 valence electrons. The van der Waals surface area contributed by atoms with Gasteiger partial charge in [-0.3, -0.25) is 4.79 Å². The number of likely N-dealkylation sites (tertiary alicyclic amines) is 1. The van der Waals surface area contributed by atoms with Gasteiger partial charge in [0, 0.05) is 18.2 Å². The number of amides is 1. The molecule has 0 atom stereocenters. The molecule has 32 heavy (non-hydrogen) atoms. The van der Waals surface area contributed by atoms with Crippen molar-refractivity contribution in [2.45, 2.75) is 77.3 Å². The molecule has 2 aliphatic rings. The Balaban J connectivity index is 1.21. The normalized spacial score (nSPS) is 22.8. The fourth-order valence-corrected chi connectivity index (χ4v) is 5.50. The number of hydrogen-bond donors (Lipinski definition) is 1. The van der Waals surface area contributed by atoms with Gasteiger partial charge in [0.25, 0.3) is 0 Å². The molecule has 2 fully saturated rings. The number of carbonyl (C=O) groups is 1. The van der Waals surface area contributed by atoms with Crippen molar-refractivity contribution in [2.24, 2.45) is 0 Å². The zero-order valence-electron chi connectivity index (χ0n) is 19.9. The van der Waals surface area contributed by atoms with Crippen LogP contribution in [0.1, 0.15) is 72.3 Å². The van der Waals surface area contributed by atoms with E-state index in [1.54, 1.807) is 11.6 Å². The van der Waals surface area contributed by atoms with Crippen LogP contribution in [0.5, 0.6) is 0 Å². The van der Waals surface area contributed by atoms with Crippen molar-refractivity contribution >= 4 is 12.0 Å². The van der Waals surface area contributed by atoms with Crippen molar-refractivity contribution in [1.82, 2.24) is 10.2 Å². The van der Waals surface area contributed by atoms with E-state index in [4.69, 9.17) is 0 Å². The lowest BCUT2D eigenvalue weighted by Gasteiger charge is -2.41. The summed E-state index contributed by atoms with van der Waals surface area (Å²) in [7, 11) is 0. The average Bonchev–Trinajstić information content (AvgIpc) is 2.81. The molecule has 0 bridgehead atoms. The zero-order chi connectivity index (χ0) is 22.5. The minimum absolute atomic E-state index is 0.0331. The Bertz CT molecular complexity index is 947. The van der Waals surface area contributed by atoms with E-state index in [0.29, 0.717) is 18.0 Å². The van der Waals surface area contributed by atoms with Crippen LogP contribution in [0.25, 0.3) is 6.08 Å². The van der Waals surface area contributed by atoms with Gasteiger partial charge in [-0.05, 0) is 112 Å². The highest BCUT2D eigenvalue weighted by Gasteiger charge is 2.30. The molecule has 3 nitrogen and oxygen atoms in total. The maximum absolute atomic E-state index is 12.4. The van der Waals surface area contributed by atoms with Gasteiger partial charge in [0.1, 0.15) is 0 Å². The van der Waals surface area contributed by atoms with Crippen LogP contribution in [0.4, 0.5) is 0 Å². The van der Waals surface area contributed by atoms with Crippen LogP contribution >= 0.6 is 0 Å². The summed E-state index contributed by atoms with van der Waals surface area (Å²) in [4.78, 5) is 15.1. The number of aryl methyl sites for hydroxylation is 3. The molecule has 3 heteroatoms. The molecule has 1 saturated carbocycles. The Morgan fingerprint density at radius 1 is 0.875 bits per heavy atom. The highest BCUT2D eigenvalue weighted by Crippen LogP contribution is 2.33. The minimum atomic E-state index is 0.0331. The second kappa shape index (κ2) is 10.5. The van der Waals surface area contributed by atoms with E-state index in [1.165, 1.54) is 55.5 Å². The quantitative estimate of drug-likeness (QED) is 0.596. The monoisotopic (exact) mass is 430 g/mol. The van der Waals surface area contributed by atoms with Crippen LogP contribution in [0.2, 0.25) is 0 Å². The fraction of sp³-hybridized carbons (Fsp3) is 0.483. The van der Waals surface area contributed by atoms with Crippen LogP contribution < -0.4 is 5.32 Å². The molecule has 2 aromatic carbocycles. The molecule has 2 aromatic rings. The smallest absolute Gasteiger partial charge is 0.244 e. The van der Waals surface area contributed by atoms with Gasteiger partial charge >= 0.3 is 0 Å². The van der Waals surface area contributed by atoms with Crippen molar-refractivity contribution in [1.29, 1.82) is 0 Å². The molecule has 4 rings (SSSR count). The Morgan fingerprint density at radius 2 is 1.59 bits per heavy atom. The number of hydrogen-bond acceptors (Lipinski definition) is 2. The molecule has 0 aromatic heterocycles. The summed E-state index contributed by atoms with van der Waals surface area (Å²) < 4.78 is 0. The first-order chi connectivity index (χ1) is 15.5. The predicted molar refractivity (Wildman–Crippen MR) is 134 cm³/mol. The minimum Gasteiger partial charge on any atom is -0.350 e. The largest absolute Gasteiger partial charge is 0.350 e. The molecule has 1 amide bonds. The van der Waals surface area contributed by atoms with Gasteiger partial charge in [-0.2, -0.15) is 0 Å². The third-order valence-corrected chi connectivity index (χ3v) is 7.68. The SMILES string of the molecule is Cc1ccc(/C=C/C(=O)NC2CCC(N3CCC(c4ccccc4C)CC3)CC2)cc1C. The van der Waals surface area contributed by atoms with Gasteiger partial charge in [0.05, 0.1) is 0 Å². The summed E-state index contributed by atoms with van der Waals surface area (Å²) >= 11 is 0. The van der Waals surface area contributed by atoms with Crippen LogP contribution in [0, 0.1) is 20.8 Å². The number of benzene rings is 2. The molecule has 0 unspecified atom stereocenters. The van der Waals surface area contributed by atoms with E-state index in [-0.39, 0.29) is 5.91 Å². The highest BCUT2D eigenvalue weighted by molar-refractivity contribution is 5.91. The van der Waals surface area contributed by atoms with Crippen molar-refractivity contribution in [2.75, 3.05) is 13.1 Å². The molecule has 1 heterocycles. The second-order valence-electron chi connectivity index (χ2n) is 9.86. The van der Waals surface area contributed by atoms with E-state index in [0.717, 1.165) is 18.4 Å². The summed E-state index contributed by atoms with van der Waals surface area (Å²) in [6.07, 6.45) is 10.7. The number of rotatable bonds is 5. The lowest BCUT2D eigenvalue weighted by atomic mass is 9.84. The summed E-state index contributed by atoms with van der Waals surface area (Å²) in [6, 6.07) is 16.2. The van der Waals surface area contributed by atoms with Crippen molar-refractivity contribution < 1.29 is 4.79 Å². The van der Waals surface area contributed by atoms with Crippen molar-refractivity contribution in [3.63, 3.8) is 0 Å². The van der Waals surface area contributed by atoms with E-state index in [2.05, 4.69) is 73.5 Å². The van der Waals surface area contributed by atoms with E-state index in [9.17, 15) is 4.79 Å². The maximum Gasteiger partial charge on any atom is 0.244 e. The number of nitrogens with one attached hydrogen (secondary N) is 1. The van der Waals surface area contributed by atoms with Crippen LogP contribution in [0.15, 0.2) is 48.5 Å². The van der Waals surface area contributed by atoms with E-state index >= 15 is 0 Å². The van der Waals surface area contributed by atoms with Gasteiger partial charge in [-0.1, -0.05) is 42.5 Å². The van der Waals surface area contributed by atoms with Crippen molar-refractivity contribution in [3.8, 4) is 0 Å². The number of nitrogens with zero attached hydrogens (tertiary/aromatic N) is 1. The van der Waals surface area contributed by atoms with Crippen LogP contribution in [0.3, 0.4) is 0 Å². The number of piperidine rings is 1. The summed E-state index contributed by atoms with van der Waals surface area (Å²) in [5.74, 6) is 0.748. The molecular weight excluding hydrogens is 392 g/mol. The Kier molecular flexibility index (Phi) is 7.47. The van der Waals surface area contributed by atoms with Crippen LogP contribution in [-0.4, -0.2) is 36.0 Å². The first-order valence-corrected chi connectivity index (χ1v) is 12.3. The first-order valence-electron chi connectivity index (χ1n) is 12.3. The van der Waals surface area contributed by atoms with Crippen LogP contribution in [-0.2, 0) is 4.79 Å². The van der Waals surface area contributed by atoms with Gasteiger partial charge in [0.2, 0.25) is 5.91 Å². The van der Waals surface area contributed by atoms with E-state index in [1.807, 2.05) is 6.08 Å². The first kappa shape index (κ1) is 22.8. The van der Waals surface area contributed by atoms with Gasteiger partial charge < -0.3 is 10.2 Å². The van der Waals surface area contributed by atoms with Gasteiger partial charge in [-0.25, -0.2) is 0 Å².